The van der Waals surface area contributed by atoms with Crippen molar-refractivity contribution in [1.29, 1.82) is 0 Å². The molecule has 9 nitrogen and oxygen atoms in total. The molecule has 1 fully saturated rings. The molecule has 0 spiro atoms. The van der Waals surface area contributed by atoms with Crippen LogP contribution in [0.2, 0.25) is 0 Å². The summed E-state index contributed by atoms with van der Waals surface area (Å²) >= 11 is 0. The molecule has 1 amide bonds. The van der Waals surface area contributed by atoms with Crippen LogP contribution in [-0.4, -0.2) is 71.5 Å². The van der Waals surface area contributed by atoms with E-state index in [1.807, 2.05) is 0 Å². The number of rotatable bonds is 6. The molecule has 0 N–H and O–H groups in total. The third-order valence-electron chi connectivity index (χ3n) is 4.56. The van der Waals surface area contributed by atoms with Crippen LogP contribution < -0.4 is 0 Å². The zero-order valence-electron chi connectivity index (χ0n) is 15.3. The molecule has 1 aliphatic rings. The summed E-state index contributed by atoms with van der Waals surface area (Å²) in [6, 6.07) is -0.422. The van der Waals surface area contributed by atoms with E-state index in [-0.39, 0.29) is 17.1 Å². The highest BCUT2D eigenvalue weighted by Gasteiger charge is 2.34. The average molecular weight is 385 g/mol. The number of carbonyl (C=O) groups is 3. The van der Waals surface area contributed by atoms with Gasteiger partial charge in [0.15, 0.2) is 16.4 Å². The van der Waals surface area contributed by atoms with Crippen molar-refractivity contribution in [3.05, 3.63) is 17.0 Å². The van der Waals surface area contributed by atoms with Gasteiger partial charge in [0, 0.05) is 25.3 Å². The standard InChI is InChI=1S/C16H23N3O6S/c1-5-19(12-6-7-26(23,24)9-12)13(20)8-25-16(22)15(21)14-10(2)17-18(4)11(14)3/h12H,5-9H2,1-4H3. The lowest BCUT2D eigenvalue weighted by Gasteiger charge is -2.26. The Kier molecular flexibility index (Phi) is 5.84. The van der Waals surface area contributed by atoms with Crippen molar-refractivity contribution < 1.29 is 27.5 Å². The number of hydrogen-bond acceptors (Lipinski definition) is 7. The average Bonchev–Trinajstić information content (AvgIpc) is 3.04. The normalized spacial score (nSPS) is 18.5. The maximum atomic E-state index is 12.3. The van der Waals surface area contributed by atoms with Gasteiger partial charge in [0.1, 0.15) is 0 Å². The summed E-state index contributed by atoms with van der Waals surface area (Å²) < 4.78 is 29.5. The van der Waals surface area contributed by atoms with Crippen LogP contribution in [0.3, 0.4) is 0 Å². The maximum absolute atomic E-state index is 12.3. The lowest BCUT2D eigenvalue weighted by atomic mass is 10.1. The van der Waals surface area contributed by atoms with Crippen LogP contribution in [0.5, 0.6) is 0 Å². The second kappa shape index (κ2) is 7.56. The number of carbonyl (C=O) groups excluding carboxylic acids is 3. The monoisotopic (exact) mass is 385 g/mol. The molecule has 0 radical (unpaired) electrons. The summed E-state index contributed by atoms with van der Waals surface area (Å²) in [5.41, 5.74) is 1.10. The molecule has 0 aliphatic carbocycles. The van der Waals surface area contributed by atoms with Crippen LogP contribution in [-0.2, 0) is 31.2 Å². The van der Waals surface area contributed by atoms with Crippen molar-refractivity contribution in [2.75, 3.05) is 24.7 Å². The van der Waals surface area contributed by atoms with Crippen LogP contribution in [0.1, 0.15) is 35.1 Å². The summed E-state index contributed by atoms with van der Waals surface area (Å²) in [4.78, 5) is 38.0. The quantitative estimate of drug-likeness (QED) is 0.378. The summed E-state index contributed by atoms with van der Waals surface area (Å²) in [7, 11) is -1.48. The number of aromatic nitrogens is 2. The van der Waals surface area contributed by atoms with Gasteiger partial charge in [-0.05, 0) is 27.2 Å². The number of ketones is 1. The molecule has 0 saturated carbocycles. The van der Waals surface area contributed by atoms with Crippen molar-refractivity contribution in [2.24, 2.45) is 7.05 Å². The third kappa shape index (κ3) is 4.12. The minimum Gasteiger partial charge on any atom is -0.450 e. The van der Waals surface area contributed by atoms with Gasteiger partial charge >= 0.3 is 5.97 Å². The van der Waals surface area contributed by atoms with E-state index >= 15 is 0 Å². The number of nitrogens with zero attached hydrogens (tertiary/aromatic N) is 3. The Morgan fingerprint density at radius 2 is 1.96 bits per heavy atom. The highest BCUT2D eigenvalue weighted by atomic mass is 32.2. The minimum atomic E-state index is -3.14. The topological polar surface area (TPSA) is 116 Å². The van der Waals surface area contributed by atoms with Gasteiger partial charge in [-0.15, -0.1) is 0 Å². The fraction of sp³-hybridized carbons (Fsp3) is 0.625. The molecular weight excluding hydrogens is 362 g/mol. The molecule has 0 aromatic carbocycles. The van der Waals surface area contributed by atoms with Gasteiger partial charge in [-0.1, -0.05) is 0 Å². The Morgan fingerprint density at radius 1 is 1.31 bits per heavy atom. The van der Waals surface area contributed by atoms with Crippen molar-refractivity contribution in [2.45, 2.75) is 33.2 Å². The summed E-state index contributed by atoms with van der Waals surface area (Å²) in [5.74, 6) is -2.55. The second-order valence-electron chi connectivity index (χ2n) is 6.31. The molecule has 1 atom stereocenters. The van der Waals surface area contributed by atoms with Gasteiger partial charge < -0.3 is 9.64 Å². The highest BCUT2D eigenvalue weighted by molar-refractivity contribution is 7.91. The van der Waals surface area contributed by atoms with E-state index in [1.165, 1.54) is 9.58 Å². The van der Waals surface area contributed by atoms with E-state index < -0.39 is 40.1 Å². The number of likely N-dealkylation sites (N-methyl/N-ethyl adjacent to an activating group) is 1. The molecular formula is C16H23N3O6S. The zero-order valence-corrected chi connectivity index (χ0v) is 16.1. The van der Waals surface area contributed by atoms with E-state index in [2.05, 4.69) is 5.10 Å². The SMILES string of the molecule is CCN(C(=O)COC(=O)C(=O)c1c(C)nn(C)c1C)C1CCS(=O)(=O)C1. The first-order chi connectivity index (χ1) is 12.1. The Hall–Kier alpha value is -2.23. The number of Topliss-reactive ketones (excluding diaryl/α,β-unsaturated/α-hetero) is 1. The molecule has 144 valence electrons. The molecule has 1 unspecified atom stereocenters. The molecule has 0 bridgehead atoms. The Balaban J connectivity index is 1.99. The molecule has 1 aromatic rings. The van der Waals surface area contributed by atoms with Crippen LogP contribution in [0.15, 0.2) is 0 Å². The number of esters is 1. The number of aryl methyl sites for hydroxylation is 2. The number of ether oxygens (including phenoxy) is 1. The van der Waals surface area contributed by atoms with E-state index in [1.54, 1.807) is 27.8 Å². The van der Waals surface area contributed by atoms with E-state index in [0.717, 1.165) is 0 Å². The van der Waals surface area contributed by atoms with Crippen LogP contribution in [0.4, 0.5) is 0 Å². The molecule has 1 saturated heterocycles. The van der Waals surface area contributed by atoms with Gasteiger partial charge in [0.05, 0.1) is 22.8 Å². The largest absolute Gasteiger partial charge is 0.450 e. The first-order valence-electron chi connectivity index (χ1n) is 8.29. The van der Waals surface area contributed by atoms with Gasteiger partial charge in [-0.25, -0.2) is 13.2 Å². The Bertz CT molecular complexity index is 842. The Labute approximate surface area is 152 Å². The van der Waals surface area contributed by atoms with Crippen LogP contribution in [0, 0.1) is 13.8 Å². The zero-order chi connectivity index (χ0) is 19.6. The number of amides is 1. The van der Waals surface area contributed by atoms with Crippen molar-refractivity contribution in [1.82, 2.24) is 14.7 Å². The van der Waals surface area contributed by atoms with E-state index in [0.29, 0.717) is 24.4 Å². The van der Waals surface area contributed by atoms with Gasteiger partial charge in [-0.3, -0.25) is 14.3 Å². The van der Waals surface area contributed by atoms with E-state index in [9.17, 15) is 22.8 Å². The molecule has 10 heteroatoms. The molecule has 1 aliphatic heterocycles. The third-order valence-corrected chi connectivity index (χ3v) is 6.31. The van der Waals surface area contributed by atoms with Crippen molar-refractivity contribution >= 4 is 27.5 Å². The summed E-state index contributed by atoms with van der Waals surface area (Å²) in [6.45, 7) is 4.68. The second-order valence-corrected chi connectivity index (χ2v) is 8.54. The fourth-order valence-electron chi connectivity index (χ4n) is 3.14. The van der Waals surface area contributed by atoms with E-state index in [4.69, 9.17) is 4.74 Å². The molecule has 2 rings (SSSR count). The lowest BCUT2D eigenvalue weighted by Crippen LogP contribution is -2.43. The highest BCUT2D eigenvalue weighted by Crippen LogP contribution is 2.18. The first kappa shape index (κ1) is 20.1. The van der Waals surface area contributed by atoms with Crippen LogP contribution >= 0.6 is 0 Å². The maximum Gasteiger partial charge on any atom is 0.380 e. The summed E-state index contributed by atoms with van der Waals surface area (Å²) in [5, 5.41) is 4.07. The number of hydrogen-bond donors (Lipinski definition) is 0. The first-order valence-corrected chi connectivity index (χ1v) is 10.1. The minimum absolute atomic E-state index is 0.0410. The predicted octanol–water partition coefficient (Wildman–Crippen LogP) is -0.202. The van der Waals surface area contributed by atoms with Crippen LogP contribution in [0.25, 0.3) is 0 Å². The van der Waals surface area contributed by atoms with Crippen molar-refractivity contribution in [3.8, 4) is 0 Å². The predicted molar refractivity (Wildman–Crippen MR) is 92.4 cm³/mol. The molecule has 1 aromatic heterocycles. The number of sulfone groups is 1. The molecule has 26 heavy (non-hydrogen) atoms. The van der Waals surface area contributed by atoms with Gasteiger partial charge in [0.2, 0.25) is 0 Å². The van der Waals surface area contributed by atoms with Gasteiger partial charge in [0.25, 0.3) is 11.7 Å². The lowest BCUT2D eigenvalue weighted by molar-refractivity contribution is -0.149. The Morgan fingerprint density at radius 3 is 2.42 bits per heavy atom. The molecule has 2 heterocycles. The smallest absolute Gasteiger partial charge is 0.380 e. The van der Waals surface area contributed by atoms with Crippen molar-refractivity contribution in [3.63, 3.8) is 0 Å². The van der Waals surface area contributed by atoms with Gasteiger partial charge in [-0.2, -0.15) is 5.10 Å². The summed E-state index contributed by atoms with van der Waals surface area (Å²) in [6.07, 6.45) is 0.364. The fourth-order valence-corrected chi connectivity index (χ4v) is 4.87.